The van der Waals surface area contributed by atoms with Crippen molar-refractivity contribution in [1.29, 1.82) is 0 Å². The van der Waals surface area contributed by atoms with Crippen LogP contribution in [0.15, 0.2) is 53.3 Å². The maximum absolute atomic E-state index is 14.8. The molecular weight excluding hydrogens is 489 g/mol. The van der Waals surface area contributed by atoms with Gasteiger partial charge >= 0.3 is 0 Å². The SMILES string of the molecule is Nc1nc2c(cnn2CCN2CCN(c3ccc(OC4CNC4)cc3F)CC2)c2cc(-c3ccco3)nn12. The van der Waals surface area contributed by atoms with Crippen molar-refractivity contribution in [3.8, 4) is 17.2 Å². The number of hydrogen-bond acceptors (Lipinski definition) is 9. The number of nitrogen functional groups attached to an aromatic ring is 1. The molecule has 11 nitrogen and oxygen atoms in total. The minimum atomic E-state index is -0.240. The average Bonchev–Trinajstić information content (AvgIpc) is 3.65. The van der Waals surface area contributed by atoms with Gasteiger partial charge in [0.15, 0.2) is 11.4 Å². The van der Waals surface area contributed by atoms with Crippen LogP contribution >= 0.6 is 0 Å². The molecule has 196 valence electrons. The van der Waals surface area contributed by atoms with Crippen molar-refractivity contribution in [2.75, 3.05) is 56.4 Å². The first-order valence-electron chi connectivity index (χ1n) is 12.8. The fourth-order valence-electron chi connectivity index (χ4n) is 5.09. The van der Waals surface area contributed by atoms with Crippen LogP contribution in [0.4, 0.5) is 16.0 Å². The van der Waals surface area contributed by atoms with E-state index >= 15 is 0 Å². The Hall–Kier alpha value is -4.16. The van der Waals surface area contributed by atoms with Gasteiger partial charge in [-0.3, -0.25) is 4.90 Å². The minimum absolute atomic E-state index is 0.132. The number of halogens is 1. The molecule has 0 atom stereocenters. The number of rotatable bonds is 7. The summed E-state index contributed by atoms with van der Waals surface area (Å²) >= 11 is 0. The van der Waals surface area contributed by atoms with E-state index in [9.17, 15) is 4.39 Å². The Kier molecular flexibility index (Phi) is 5.63. The van der Waals surface area contributed by atoms with Gasteiger partial charge in [0.2, 0.25) is 5.95 Å². The van der Waals surface area contributed by atoms with Crippen LogP contribution in [0.2, 0.25) is 0 Å². The third-order valence-corrected chi connectivity index (χ3v) is 7.31. The zero-order valence-corrected chi connectivity index (χ0v) is 20.8. The molecule has 2 aliphatic heterocycles. The standard InChI is InChI=1S/C26H28FN9O2/c27-20-12-17(38-18-14-29-15-18)3-4-22(20)34-8-5-33(6-9-34)7-10-35-25-19(16-30-35)23-13-21(24-2-1-11-37-24)32-36(23)26(28)31-25/h1-4,11-13,16,18,29H,5-10,14-15H2,(H2,28,31). The summed E-state index contributed by atoms with van der Waals surface area (Å²) in [5.41, 5.74) is 9.12. The van der Waals surface area contributed by atoms with E-state index in [-0.39, 0.29) is 11.9 Å². The smallest absolute Gasteiger partial charge is 0.223 e. The van der Waals surface area contributed by atoms with Crippen LogP contribution in [-0.4, -0.2) is 81.2 Å². The molecular formula is C26H28FN9O2. The van der Waals surface area contributed by atoms with Crippen LogP contribution in [0, 0.1) is 5.82 Å². The largest absolute Gasteiger partial charge is 0.488 e. The van der Waals surface area contributed by atoms with Gasteiger partial charge in [-0.15, -0.1) is 0 Å². The maximum atomic E-state index is 14.8. The van der Waals surface area contributed by atoms with Crippen LogP contribution in [0.25, 0.3) is 28.0 Å². The number of ether oxygens (including phenoxy) is 1. The second kappa shape index (κ2) is 9.30. The van der Waals surface area contributed by atoms with Crippen LogP contribution in [0.3, 0.4) is 0 Å². The molecule has 38 heavy (non-hydrogen) atoms. The van der Waals surface area contributed by atoms with Gasteiger partial charge in [-0.2, -0.15) is 19.7 Å². The van der Waals surface area contributed by atoms with Gasteiger partial charge in [0.25, 0.3) is 0 Å². The number of nitrogens with one attached hydrogen (secondary N) is 1. The first-order chi connectivity index (χ1) is 18.6. The lowest BCUT2D eigenvalue weighted by Crippen LogP contribution is -2.50. The molecule has 1 aromatic carbocycles. The molecule has 0 radical (unpaired) electrons. The highest BCUT2D eigenvalue weighted by Gasteiger charge is 2.23. The van der Waals surface area contributed by atoms with E-state index in [1.165, 1.54) is 6.07 Å². The molecule has 12 heteroatoms. The summed E-state index contributed by atoms with van der Waals surface area (Å²) in [4.78, 5) is 9.04. The fraction of sp³-hybridized carbons (Fsp3) is 0.346. The molecule has 2 fully saturated rings. The van der Waals surface area contributed by atoms with Gasteiger partial charge in [0.05, 0.1) is 35.6 Å². The number of fused-ring (bicyclic) bond motifs is 3. The normalized spacial score (nSPS) is 16.9. The quantitative estimate of drug-likeness (QED) is 0.335. The fourth-order valence-corrected chi connectivity index (χ4v) is 5.09. The summed E-state index contributed by atoms with van der Waals surface area (Å²) in [5.74, 6) is 1.31. The molecule has 4 aromatic heterocycles. The first kappa shape index (κ1) is 23.0. The highest BCUT2D eigenvalue weighted by atomic mass is 19.1. The van der Waals surface area contributed by atoms with E-state index in [2.05, 4.69) is 30.3 Å². The van der Waals surface area contributed by atoms with Crippen molar-refractivity contribution in [3.05, 3.63) is 54.7 Å². The molecule has 0 spiro atoms. The Balaban J connectivity index is 1.01. The summed E-state index contributed by atoms with van der Waals surface area (Å²) < 4.78 is 29.6. The van der Waals surface area contributed by atoms with E-state index in [1.54, 1.807) is 17.0 Å². The van der Waals surface area contributed by atoms with Crippen molar-refractivity contribution in [3.63, 3.8) is 0 Å². The molecule has 2 aliphatic rings. The maximum Gasteiger partial charge on any atom is 0.223 e. The van der Waals surface area contributed by atoms with Crippen LogP contribution in [-0.2, 0) is 6.54 Å². The zero-order chi connectivity index (χ0) is 25.6. The highest BCUT2D eigenvalue weighted by molar-refractivity contribution is 5.93. The molecule has 0 aliphatic carbocycles. The molecule has 0 bridgehead atoms. The third-order valence-electron chi connectivity index (χ3n) is 7.31. The predicted molar refractivity (Wildman–Crippen MR) is 141 cm³/mol. The van der Waals surface area contributed by atoms with Crippen LogP contribution in [0.5, 0.6) is 5.75 Å². The summed E-state index contributed by atoms with van der Waals surface area (Å²) in [6.45, 7) is 6.26. The van der Waals surface area contributed by atoms with E-state index in [1.807, 2.05) is 35.0 Å². The van der Waals surface area contributed by atoms with Gasteiger partial charge in [0, 0.05) is 51.9 Å². The second-order valence-electron chi connectivity index (χ2n) is 9.72. The summed E-state index contributed by atoms with van der Waals surface area (Å²) in [5, 5.41) is 13.2. The molecule has 0 unspecified atom stereocenters. The van der Waals surface area contributed by atoms with E-state index in [0.29, 0.717) is 35.4 Å². The summed E-state index contributed by atoms with van der Waals surface area (Å²) in [7, 11) is 0. The van der Waals surface area contributed by atoms with Gasteiger partial charge < -0.3 is 25.1 Å². The van der Waals surface area contributed by atoms with E-state index in [4.69, 9.17) is 14.9 Å². The Morgan fingerprint density at radius 1 is 1.11 bits per heavy atom. The third kappa shape index (κ3) is 4.11. The first-order valence-corrected chi connectivity index (χ1v) is 12.8. The average molecular weight is 518 g/mol. The number of benzene rings is 1. The number of furan rings is 1. The number of nitrogens with zero attached hydrogens (tertiary/aromatic N) is 7. The number of aromatic nitrogens is 5. The van der Waals surface area contributed by atoms with Crippen molar-refractivity contribution in [1.82, 2.24) is 34.6 Å². The second-order valence-corrected chi connectivity index (χ2v) is 9.72. The summed E-state index contributed by atoms with van der Waals surface area (Å²) in [6.07, 6.45) is 3.55. The lowest BCUT2D eigenvalue weighted by Gasteiger charge is -2.36. The molecule has 3 N–H and O–H groups in total. The number of hydrogen-bond donors (Lipinski definition) is 2. The van der Waals surface area contributed by atoms with Gasteiger partial charge in [0.1, 0.15) is 23.4 Å². The van der Waals surface area contributed by atoms with E-state index < -0.39 is 0 Å². The Bertz CT molecular complexity index is 1580. The highest BCUT2D eigenvalue weighted by Crippen LogP contribution is 2.28. The predicted octanol–water partition coefficient (Wildman–Crippen LogP) is 2.23. The Morgan fingerprint density at radius 2 is 1.97 bits per heavy atom. The van der Waals surface area contributed by atoms with Crippen molar-refractivity contribution >= 4 is 28.2 Å². The monoisotopic (exact) mass is 517 g/mol. The lowest BCUT2D eigenvalue weighted by atomic mass is 10.2. The van der Waals surface area contributed by atoms with E-state index in [0.717, 1.165) is 62.4 Å². The summed E-state index contributed by atoms with van der Waals surface area (Å²) in [6, 6.07) is 10.8. The molecule has 6 heterocycles. The van der Waals surface area contributed by atoms with Crippen molar-refractivity contribution in [2.45, 2.75) is 12.6 Å². The molecule has 0 saturated carbocycles. The minimum Gasteiger partial charge on any atom is -0.488 e. The van der Waals surface area contributed by atoms with Crippen molar-refractivity contribution < 1.29 is 13.5 Å². The number of anilines is 2. The molecule has 5 aromatic rings. The Morgan fingerprint density at radius 3 is 2.71 bits per heavy atom. The molecule has 7 rings (SSSR count). The van der Waals surface area contributed by atoms with Crippen LogP contribution in [0.1, 0.15) is 0 Å². The van der Waals surface area contributed by atoms with Gasteiger partial charge in [-0.05, 0) is 30.3 Å². The number of piperazine rings is 1. The number of nitrogens with two attached hydrogens (primary N) is 1. The zero-order valence-electron chi connectivity index (χ0n) is 20.8. The van der Waals surface area contributed by atoms with Gasteiger partial charge in [-0.1, -0.05) is 0 Å². The van der Waals surface area contributed by atoms with Crippen molar-refractivity contribution in [2.24, 2.45) is 0 Å². The van der Waals surface area contributed by atoms with Crippen LogP contribution < -0.4 is 20.7 Å². The topological polar surface area (TPSA) is 115 Å². The molecule has 2 saturated heterocycles. The Labute approximate surface area is 217 Å². The molecule has 0 amide bonds. The lowest BCUT2D eigenvalue weighted by molar-refractivity contribution is 0.142. The van der Waals surface area contributed by atoms with Gasteiger partial charge in [-0.25, -0.2) is 9.07 Å².